The fourth-order valence-electron chi connectivity index (χ4n) is 2.63. The maximum Gasteiger partial charge on any atom is 0.234 e. The average molecular weight is 408 g/mol. The van der Waals surface area contributed by atoms with Crippen LogP contribution in [0.3, 0.4) is 0 Å². The van der Waals surface area contributed by atoms with Crippen molar-refractivity contribution in [2.75, 3.05) is 11.1 Å². The molecule has 1 aromatic heterocycles. The zero-order valence-corrected chi connectivity index (χ0v) is 16.8. The van der Waals surface area contributed by atoms with Crippen molar-refractivity contribution in [3.63, 3.8) is 0 Å². The Hall–Kier alpha value is -1.69. The third-order valence-corrected chi connectivity index (χ3v) is 5.33. The summed E-state index contributed by atoms with van der Waals surface area (Å²) in [7, 11) is 0. The van der Waals surface area contributed by atoms with Gasteiger partial charge in [0, 0.05) is 6.54 Å². The molecule has 1 heterocycles. The van der Waals surface area contributed by atoms with Gasteiger partial charge in [-0.15, -0.1) is 0 Å². The molecule has 0 radical (unpaired) electrons. The minimum Gasteiger partial charge on any atom is -0.323 e. The van der Waals surface area contributed by atoms with Gasteiger partial charge in [0.25, 0.3) is 0 Å². The molecule has 0 saturated carbocycles. The first-order chi connectivity index (χ1) is 12.5. The largest absolute Gasteiger partial charge is 0.323 e. The predicted molar refractivity (Wildman–Crippen MR) is 110 cm³/mol. The van der Waals surface area contributed by atoms with Crippen LogP contribution in [0.25, 0.3) is 11.0 Å². The lowest BCUT2D eigenvalue weighted by molar-refractivity contribution is -0.113. The number of carbonyl (C=O) groups is 1. The van der Waals surface area contributed by atoms with Gasteiger partial charge >= 0.3 is 0 Å². The van der Waals surface area contributed by atoms with Crippen LogP contribution in [0.2, 0.25) is 10.0 Å². The van der Waals surface area contributed by atoms with Crippen LogP contribution in [0.15, 0.2) is 47.6 Å². The molecule has 1 amide bonds. The van der Waals surface area contributed by atoms with Crippen molar-refractivity contribution in [2.24, 2.45) is 5.92 Å². The summed E-state index contributed by atoms with van der Waals surface area (Å²) in [6, 6.07) is 13.1. The van der Waals surface area contributed by atoms with Crippen molar-refractivity contribution >= 4 is 57.6 Å². The van der Waals surface area contributed by atoms with E-state index in [4.69, 9.17) is 23.2 Å². The predicted octanol–water partition coefficient (Wildman–Crippen LogP) is 5.73. The van der Waals surface area contributed by atoms with E-state index < -0.39 is 0 Å². The van der Waals surface area contributed by atoms with Crippen LogP contribution in [-0.4, -0.2) is 21.2 Å². The zero-order chi connectivity index (χ0) is 18.7. The van der Waals surface area contributed by atoms with E-state index in [2.05, 4.69) is 34.8 Å². The Balaban J connectivity index is 1.76. The number of carbonyl (C=O) groups excluding carboxylic acids is 1. The van der Waals surface area contributed by atoms with Crippen molar-refractivity contribution < 1.29 is 4.79 Å². The van der Waals surface area contributed by atoms with E-state index >= 15 is 0 Å². The Morgan fingerprint density at radius 3 is 2.54 bits per heavy atom. The van der Waals surface area contributed by atoms with Crippen molar-refractivity contribution in [1.29, 1.82) is 0 Å². The molecule has 0 fully saturated rings. The molecule has 26 heavy (non-hydrogen) atoms. The van der Waals surface area contributed by atoms with Crippen molar-refractivity contribution in [2.45, 2.75) is 25.5 Å². The first-order valence-electron chi connectivity index (χ1n) is 8.27. The number of benzene rings is 2. The van der Waals surface area contributed by atoms with Gasteiger partial charge < -0.3 is 9.88 Å². The minimum atomic E-state index is -0.173. The van der Waals surface area contributed by atoms with Gasteiger partial charge in [-0.25, -0.2) is 4.98 Å². The van der Waals surface area contributed by atoms with Crippen LogP contribution < -0.4 is 5.32 Å². The quantitative estimate of drug-likeness (QED) is 0.530. The summed E-state index contributed by atoms with van der Waals surface area (Å²) in [6.07, 6.45) is 0. The summed E-state index contributed by atoms with van der Waals surface area (Å²) in [6.45, 7) is 5.17. The second kappa shape index (κ2) is 8.33. The number of thioether (sulfide) groups is 1. The number of anilines is 1. The molecular formula is C19H19Cl2N3OS. The van der Waals surface area contributed by atoms with E-state index in [0.717, 1.165) is 22.7 Å². The van der Waals surface area contributed by atoms with Crippen LogP contribution in [0, 0.1) is 5.92 Å². The summed E-state index contributed by atoms with van der Waals surface area (Å²) in [5, 5.41) is 4.45. The highest BCUT2D eigenvalue weighted by Crippen LogP contribution is 2.30. The number of halogens is 2. The topological polar surface area (TPSA) is 46.9 Å². The number of fused-ring (bicyclic) bond motifs is 1. The molecule has 0 aliphatic carbocycles. The first-order valence-corrected chi connectivity index (χ1v) is 10.0. The molecule has 3 aromatic rings. The molecule has 136 valence electrons. The molecule has 0 saturated heterocycles. The Morgan fingerprint density at radius 2 is 1.85 bits per heavy atom. The van der Waals surface area contributed by atoms with Crippen molar-refractivity contribution in [3.8, 4) is 0 Å². The Kier molecular flexibility index (Phi) is 6.12. The lowest BCUT2D eigenvalue weighted by atomic mass is 10.2. The van der Waals surface area contributed by atoms with Crippen LogP contribution in [0.5, 0.6) is 0 Å². The molecule has 3 rings (SSSR count). The van der Waals surface area contributed by atoms with Gasteiger partial charge in [-0.1, -0.05) is 67.0 Å². The highest BCUT2D eigenvalue weighted by atomic mass is 35.5. The second-order valence-electron chi connectivity index (χ2n) is 6.32. The van der Waals surface area contributed by atoms with Gasteiger partial charge in [0.15, 0.2) is 5.16 Å². The van der Waals surface area contributed by atoms with E-state index in [1.54, 1.807) is 18.2 Å². The highest BCUT2D eigenvalue weighted by Gasteiger charge is 2.15. The number of aromatic nitrogens is 2. The van der Waals surface area contributed by atoms with Gasteiger partial charge in [-0.3, -0.25) is 4.79 Å². The molecule has 7 heteroatoms. The van der Waals surface area contributed by atoms with Gasteiger partial charge in [0.2, 0.25) is 5.91 Å². The number of nitrogens with one attached hydrogen (secondary N) is 1. The summed E-state index contributed by atoms with van der Waals surface area (Å²) in [4.78, 5) is 17.0. The van der Waals surface area contributed by atoms with Crippen LogP contribution in [0.4, 0.5) is 5.69 Å². The molecule has 0 unspecified atom stereocenters. The zero-order valence-electron chi connectivity index (χ0n) is 14.5. The Labute approximate surface area is 166 Å². The lowest BCUT2D eigenvalue weighted by Gasteiger charge is -2.12. The second-order valence-corrected chi connectivity index (χ2v) is 8.08. The molecular weight excluding hydrogens is 389 g/mol. The number of hydrogen-bond acceptors (Lipinski definition) is 3. The van der Waals surface area contributed by atoms with Crippen LogP contribution in [-0.2, 0) is 11.3 Å². The number of imidazole rings is 1. The Bertz CT molecular complexity index is 919. The van der Waals surface area contributed by atoms with E-state index in [1.807, 2.05) is 18.2 Å². The van der Waals surface area contributed by atoms with Crippen molar-refractivity contribution in [1.82, 2.24) is 9.55 Å². The normalized spacial score (nSPS) is 11.3. The smallest absolute Gasteiger partial charge is 0.234 e. The van der Waals surface area contributed by atoms with Crippen LogP contribution in [0.1, 0.15) is 13.8 Å². The fourth-order valence-corrected chi connectivity index (χ4v) is 3.94. The summed E-state index contributed by atoms with van der Waals surface area (Å²) < 4.78 is 2.17. The monoisotopic (exact) mass is 407 g/mol. The molecule has 0 spiro atoms. The lowest BCUT2D eigenvalue weighted by Crippen LogP contribution is -2.15. The standard InChI is InChI=1S/C19H19Cl2N3OS/c1-12(2)10-24-16-9-4-3-8-15(16)22-19(24)26-11-17(25)23-18-13(20)6-5-7-14(18)21/h3-9,12H,10-11H2,1-2H3,(H,23,25). The number of amides is 1. The average Bonchev–Trinajstić information content (AvgIpc) is 2.94. The molecule has 0 bridgehead atoms. The van der Waals surface area contributed by atoms with E-state index in [9.17, 15) is 4.79 Å². The molecule has 0 atom stereocenters. The van der Waals surface area contributed by atoms with Gasteiger partial charge in [0.05, 0.1) is 32.5 Å². The number of para-hydroxylation sites is 3. The molecule has 0 aliphatic heterocycles. The van der Waals surface area contributed by atoms with Gasteiger partial charge in [-0.05, 0) is 30.2 Å². The third-order valence-electron chi connectivity index (χ3n) is 3.73. The maximum absolute atomic E-state index is 12.4. The van der Waals surface area contributed by atoms with Crippen LogP contribution >= 0.6 is 35.0 Å². The molecule has 1 N–H and O–H groups in total. The molecule has 4 nitrogen and oxygen atoms in total. The molecule has 0 aliphatic rings. The highest BCUT2D eigenvalue weighted by molar-refractivity contribution is 7.99. The number of hydrogen-bond donors (Lipinski definition) is 1. The minimum absolute atomic E-state index is 0.173. The van der Waals surface area contributed by atoms with Crippen molar-refractivity contribution in [3.05, 3.63) is 52.5 Å². The summed E-state index contributed by atoms with van der Waals surface area (Å²) in [5.74, 6) is 0.527. The summed E-state index contributed by atoms with van der Waals surface area (Å²) in [5.41, 5.74) is 2.46. The van der Waals surface area contributed by atoms with Gasteiger partial charge in [0.1, 0.15) is 0 Å². The van der Waals surface area contributed by atoms with Gasteiger partial charge in [-0.2, -0.15) is 0 Å². The fraction of sp³-hybridized carbons (Fsp3) is 0.263. The number of nitrogens with zero attached hydrogens (tertiary/aromatic N) is 2. The van der Waals surface area contributed by atoms with E-state index in [1.165, 1.54) is 11.8 Å². The molecule has 2 aromatic carbocycles. The summed E-state index contributed by atoms with van der Waals surface area (Å²) >= 11 is 13.6. The SMILES string of the molecule is CC(C)Cn1c(SCC(=O)Nc2c(Cl)cccc2Cl)nc2ccccc21. The third kappa shape index (κ3) is 4.34. The first kappa shape index (κ1) is 19.1. The number of rotatable bonds is 6. The van der Waals surface area contributed by atoms with E-state index in [-0.39, 0.29) is 11.7 Å². The Morgan fingerprint density at radius 1 is 1.15 bits per heavy atom. The maximum atomic E-state index is 12.4. The van der Waals surface area contributed by atoms with E-state index in [0.29, 0.717) is 21.7 Å².